The van der Waals surface area contributed by atoms with Crippen LogP contribution in [-0.4, -0.2) is 13.0 Å². The van der Waals surface area contributed by atoms with Crippen LogP contribution < -0.4 is 5.32 Å². The van der Waals surface area contributed by atoms with E-state index in [1.54, 1.807) is 7.11 Å². The maximum Gasteiger partial charge on any atom is 0.225 e. The predicted octanol–water partition coefficient (Wildman–Crippen LogP) is 4.70. The second-order valence-corrected chi connectivity index (χ2v) is 6.48. The number of anilines is 1. The molecule has 0 radical (unpaired) electrons. The molecule has 23 heavy (non-hydrogen) atoms. The van der Waals surface area contributed by atoms with Gasteiger partial charge in [0.15, 0.2) is 0 Å². The number of ether oxygens (including phenoxy) is 1. The van der Waals surface area contributed by atoms with Crippen molar-refractivity contribution in [2.24, 2.45) is 0 Å². The van der Waals surface area contributed by atoms with Crippen LogP contribution in [0.25, 0.3) is 0 Å². The van der Waals surface area contributed by atoms with Gasteiger partial charge in [0.2, 0.25) is 5.91 Å². The van der Waals surface area contributed by atoms with Crippen molar-refractivity contribution in [2.45, 2.75) is 38.7 Å². The van der Waals surface area contributed by atoms with Crippen LogP contribution in [0.1, 0.15) is 44.4 Å². The Bertz CT molecular complexity index is 650. The summed E-state index contributed by atoms with van der Waals surface area (Å²) >= 11 is 0. The third-order valence-electron chi connectivity index (χ3n) is 4.15. The maximum absolute atomic E-state index is 12.4. The van der Waals surface area contributed by atoms with Crippen molar-refractivity contribution in [3.8, 4) is 0 Å². The standard InChI is InChI=1S/C20H25NO2/c1-15(23-4)16-9-8-12-18(13-16)21-19(22)14-20(2,3)17-10-6-5-7-11-17/h5-13,15H,14H2,1-4H3,(H,21,22). The van der Waals surface area contributed by atoms with Crippen molar-refractivity contribution in [3.63, 3.8) is 0 Å². The zero-order valence-electron chi connectivity index (χ0n) is 14.3. The topological polar surface area (TPSA) is 38.3 Å². The monoisotopic (exact) mass is 311 g/mol. The van der Waals surface area contributed by atoms with Crippen LogP contribution in [0.3, 0.4) is 0 Å². The van der Waals surface area contributed by atoms with Crippen molar-refractivity contribution in [2.75, 3.05) is 12.4 Å². The summed E-state index contributed by atoms with van der Waals surface area (Å²) in [5.74, 6) is 0.0149. The highest BCUT2D eigenvalue weighted by Crippen LogP contribution is 2.27. The van der Waals surface area contributed by atoms with Crippen molar-refractivity contribution >= 4 is 11.6 Å². The van der Waals surface area contributed by atoms with Gasteiger partial charge in [0.25, 0.3) is 0 Å². The summed E-state index contributed by atoms with van der Waals surface area (Å²) in [7, 11) is 1.68. The highest BCUT2D eigenvalue weighted by molar-refractivity contribution is 5.91. The number of carbonyl (C=O) groups excluding carboxylic acids is 1. The minimum absolute atomic E-state index is 0.00705. The van der Waals surface area contributed by atoms with Gasteiger partial charge in [-0.2, -0.15) is 0 Å². The number of rotatable bonds is 6. The fraction of sp³-hybridized carbons (Fsp3) is 0.350. The Morgan fingerprint density at radius 3 is 2.48 bits per heavy atom. The molecule has 1 N–H and O–H groups in total. The molecule has 0 spiro atoms. The third kappa shape index (κ3) is 4.67. The first kappa shape index (κ1) is 17.2. The molecular formula is C20H25NO2. The third-order valence-corrected chi connectivity index (χ3v) is 4.15. The zero-order valence-corrected chi connectivity index (χ0v) is 14.3. The van der Waals surface area contributed by atoms with Gasteiger partial charge in [-0.15, -0.1) is 0 Å². The highest BCUT2D eigenvalue weighted by Gasteiger charge is 2.24. The van der Waals surface area contributed by atoms with E-state index in [0.717, 1.165) is 16.8 Å². The lowest BCUT2D eigenvalue weighted by molar-refractivity contribution is -0.117. The predicted molar refractivity (Wildman–Crippen MR) is 94.6 cm³/mol. The highest BCUT2D eigenvalue weighted by atomic mass is 16.5. The first-order chi connectivity index (χ1) is 10.9. The molecule has 1 atom stereocenters. The van der Waals surface area contributed by atoms with Gasteiger partial charge in [0.1, 0.15) is 0 Å². The van der Waals surface area contributed by atoms with Crippen LogP contribution in [0.15, 0.2) is 54.6 Å². The molecule has 1 unspecified atom stereocenters. The Hall–Kier alpha value is -2.13. The summed E-state index contributed by atoms with van der Waals surface area (Å²) < 4.78 is 5.32. The first-order valence-electron chi connectivity index (χ1n) is 7.90. The van der Waals surface area contributed by atoms with Gasteiger partial charge < -0.3 is 10.1 Å². The molecule has 0 saturated carbocycles. The Balaban J connectivity index is 2.05. The van der Waals surface area contributed by atoms with Crippen LogP contribution in [-0.2, 0) is 14.9 Å². The summed E-state index contributed by atoms with van der Waals surface area (Å²) in [6, 6.07) is 17.9. The van der Waals surface area contributed by atoms with E-state index in [0.29, 0.717) is 6.42 Å². The van der Waals surface area contributed by atoms with E-state index in [1.165, 1.54) is 0 Å². The van der Waals surface area contributed by atoms with Crippen LogP contribution in [0.5, 0.6) is 0 Å². The molecule has 0 heterocycles. The van der Waals surface area contributed by atoms with Crippen LogP contribution in [0, 0.1) is 0 Å². The van der Waals surface area contributed by atoms with E-state index in [4.69, 9.17) is 4.74 Å². The SMILES string of the molecule is COC(C)c1cccc(NC(=O)CC(C)(C)c2ccccc2)c1. The molecule has 0 aromatic heterocycles. The number of amides is 1. The normalized spacial score (nSPS) is 12.7. The summed E-state index contributed by atoms with van der Waals surface area (Å²) in [4.78, 5) is 12.4. The summed E-state index contributed by atoms with van der Waals surface area (Å²) in [6.45, 7) is 6.16. The number of hydrogen-bond donors (Lipinski definition) is 1. The minimum atomic E-state index is -0.206. The summed E-state index contributed by atoms with van der Waals surface area (Å²) in [5, 5.41) is 2.99. The van der Waals surface area contributed by atoms with Gasteiger partial charge in [0.05, 0.1) is 6.10 Å². The number of hydrogen-bond acceptors (Lipinski definition) is 2. The van der Waals surface area contributed by atoms with Crippen LogP contribution in [0.4, 0.5) is 5.69 Å². The van der Waals surface area contributed by atoms with E-state index in [-0.39, 0.29) is 17.4 Å². The lowest BCUT2D eigenvalue weighted by Gasteiger charge is -2.24. The smallest absolute Gasteiger partial charge is 0.225 e. The summed E-state index contributed by atoms with van der Waals surface area (Å²) in [6.07, 6.45) is 0.439. The fourth-order valence-corrected chi connectivity index (χ4v) is 2.60. The Morgan fingerprint density at radius 1 is 1.13 bits per heavy atom. The molecular weight excluding hydrogens is 286 g/mol. The van der Waals surface area contributed by atoms with E-state index in [9.17, 15) is 4.79 Å². The molecule has 0 aliphatic carbocycles. The molecule has 3 heteroatoms. The summed E-state index contributed by atoms with van der Waals surface area (Å²) in [5.41, 5.74) is 2.81. The van der Waals surface area contributed by atoms with Crippen molar-refractivity contribution in [1.29, 1.82) is 0 Å². The molecule has 2 rings (SSSR count). The minimum Gasteiger partial charge on any atom is -0.377 e. The maximum atomic E-state index is 12.4. The molecule has 122 valence electrons. The number of methoxy groups -OCH3 is 1. The molecule has 0 fully saturated rings. The van der Waals surface area contributed by atoms with E-state index in [1.807, 2.05) is 49.4 Å². The van der Waals surface area contributed by atoms with Gasteiger partial charge in [-0.1, -0.05) is 56.3 Å². The zero-order chi connectivity index (χ0) is 16.9. The fourth-order valence-electron chi connectivity index (χ4n) is 2.60. The molecule has 2 aromatic carbocycles. The average molecular weight is 311 g/mol. The van der Waals surface area contributed by atoms with E-state index in [2.05, 4.69) is 31.3 Å². The van der Waals surface area contributed by atoms with Crippen molar-refractivity contribution in [3.05, 3.63) is 65.7 Å². The van der Waals surface area contributed by atoms with Gasteiger partial charge in [-0.3, -0.25) is 4.79 Å². The molecule has 0 aliphatic heterocycles. The first-order valence-corrected chi connectivity index (χ1v) is 7.90. The van der Waals surface area contributed by atoms with Crippen LogP contribution >= 0.6 is 0 Å². The largest absolute Gasteiger partial charge is 0.377 e. The number of benzene rings is 2. The van der Waals surface area contributed by atoms with Crippen molar-refractivity contribution in [1.82, 2.24) is 0 Å². The molecule has 0 saturated heterocycles. The molecule has 0 bridgehead atoms. The second-order valence-electron chi connectivity index (χ2n) is 6.48. The Morgan fingerprint density at radius 2 is 1.83 bits per heavy atom. The Labute approximate surface area is 138 Å². The van der Waals surface area contributed by atoms with Gasteiger partial charge >= 0.3 is 0 Å². The molecule has 2 aromatic rings. The number of nitrogens with one attached hydrogen (secondary N) is 1. The van der Waals surface area contributed by atoms with Crippen LogP contribution in [0.2, 0.25) is 0 Å². The van der Waals surface area contributed by atoms with Crippen molar-refractivity contribution < 1.29 is 9.53 Å². The Kier molecular flexibility index (Phi) is 5.56. The van der Waals surface area contributed by atoms with Gasteiger partial charge in [-0.05, 0) is 35.6 Å². The molecule has 1 amide bonds. The number of carbonyl (C=O) groups is 1. The quantitative estimate of drug-likeness (QED) is 0.839. The van der Waals surface area contributed by atoms with Gasteiger partial charge in [0, 0.05) is 19.2 Å². The second kappa shape index (κ2) is 7.42. The lowest BCUT2D eigenvalue weighted by atomic mass is 9.81. The van der Waals surface area contributed by atoms with E-state index < -0.39 is 0 Å². The lowest BCUT2D eigenvalue weighted by Crippen LogP contribution is -2.25. The average Bonchev–Trinajstić information content (AvgIpc) is 2.54. The van der Waals surface area contributed by atoms with E-state index >= 15 is 0 Å². The van der Waals surface area contributed by atoms with Gasteiger partial charge in [-0.25, -0.2) is 0 Å². The molecule has 0 aliphatic rings. The molecule has 3 nitrogen and oxygen atoms in total.